The first-order valence-corrected chi connectivity index (χ1v) is 15.7. The second-order valence-corrected chi connectivity index (χ2v) is 11.5. The highest BCUT2D eigenvalue weighted by molar-refractivity contribution is 5.76. The summed E-state index contributed by atoms with van der Waals surface area (Å²) in [5.74, 6) is 3.14. The summed E-state index contributed by atoms with van der Waals surface area (Å²) in [5, 5.41) is 0. The second kappa shape index (κ2) is 13.6. The molecular weight excluding hydrogens is 582 g/mol. The molecule has 7 rings (SSSR count). The SMILES string of the molecule is CC(c1ccc(OCc2ccco2)cc1)(c1ccc(OCc2ccco2)cc1)c1ccc(N(c2ccccc2)c2ccccc2)cc1. The highest BCUT2D eigenvalue weighted by Gasteiger charge is 2.31. The molecule has 0 fully saturated rings. The van der Waals surface area contributed by atoms with Crippen molar-refractivity contribution in [2.75, 3.05) is 4.90 Å². The Kier molecular flexibility index (Phi) is 8.60. The molecule has 5 heteroatoms. The van der Waals surface area contributed by atoms with E-state index in [2.05, 4.69) is 109 Å². The van der Waals surface area contributed by atoms with Crippen LogP contribution in [-0.4, -0.2) is 0 Å². The predicted octanol–water partition coefficient (Wildman–Crippen LogP) is 10.9. The van der Waals surface area contributed by atoms with Gasteiger partial charge in [-0.1, -0.05) is 72.8 Å². The molecule has 0 atom stereocenters. The van der Waals surface area contributed by atoms with Gasteiger partial charge in [-0.3, -0.25) is 0 Å². The summed E-state index contributed by atoms with van der Waals surface area (Å²) in [5.41, 5.74) is 6.26. The smallest absolute Gasteiger partial charge is 0.146 e. The van der Waals surface area contributed by atoms with Gasteiger partial charge < -0.3 is 23.2 Å². The zero-order valence-corrected chi connectivity index (χ0v) is 26.2. The number of nitrogens with zero attached hydrogens (tertiary/aromatic N) is 1. The van der Waals surface area contributed by atoms with E-state index in [9.17, 15) is 0 Å². The van der Waals surface area contributed by atoms with Gasteiger partial charge in [0.25, 0.3) is 0 Å². The van der Waals surface area contributed by atoms with Crippen molar-refractivity contribution in [2.45, 2.75) is 25.6 Å². The molecule has 0 radical (unpaired) electrons. The van der Waals surface area contributed by atoms with Gasteiger partial charge in [-0.15, -0.1) is 0 Å². The Morgan fingerprint density at radius 3 is 1.21 bits per heavy atom. The lowest BCUT2D eigenvalue weighted by atomic mass is 9.71. The van der Waals surface area contributed by atoms with Crippen molar-refractivity contribution in [3.8, 4) is 11.5 Å². The Hall–Kier alpha value is -5.94. The number of para-hydroxylation sites is 2. The Labute approximate surface area is 275 Å². The molecule has 47 heavy (non-hydrogen) atoms. The molecule has 0 aliphatic carbocycles. The first-order chi connectivity index (χ1) is 23.2. The van der Waals surface area contributed by atoms with Crippen molar-refractivity contribution in [3.63, 3.8) is 0 Å². The van der Waals surface area contributed by atoms with Crippen LogP contribution in [0, 0.1) is 0 Å². The second-order valence-electron chi connectivity index (χ2n) is 11.5. The first-order valence-electron chi connectivity index (χ1n) is 15.7. The third-order valence-electron chi connectivity index (χ3n) is 8.52. The summed E-state index contributed by atoms with van der Waals surface area (Å²) in [7, 11) is 0. The Balaban J connectivity index is 1.23. The molecule has 2 heterocycles. The largest absolute Gasteiger partial charge is 0.486 e. The van der Waals surface area contributed by atoms with Crippen LogP contribution >= 0.6 is 0 Å². The van der Waals surface area contributed by atoms with Crippen molar-refractivity contribution >= 4 is 17.1 Å². The summed E-state index contributed by atoms with van der Waals surface area (Å²) in [6, 6.07) is 54.0. The van der Waals surface area contributed by atoms with E-state index in [0.29, 0.717) is 13.2 Å². The minimum absolute atomic E-state index is 0.379. The van der Waals surface area contributed by atoms with Crippen LogP contribution in [0.1, 0.15) is 35.1 Å². The molecule has 0 saturated carbocycles. The number of benzene rings is 5. The van der Waals surface area contributed by atoms with Crippen LogP contribution in [0.4, 0.5) is 17.1 Å². The van der Waals surface area contributed by atoms with Crippen LogP contribution in [0.3, 0.4) is 0 Å². The minimum atomic E-state index is -0.470. The molecule has 5 aromatic carbocycles. The van der Waals surface area contributed by atoms with Crippen molar-refractivity contribution in [2.24, 2.45) is 0 Å². The first kappa shape index (κ1) is 29.8. The van der Waals surface area contributed by atoms with E-state index in [1.165, 1.54) is 0 Å². The predicted molar refractivity (Wildman–Crippen MR) is 186 cm³/mol. The molecule has 0 aliphatic rings. The van der Waals surface area contributed by atoms with E-state index in [0.717, 1.165) is 56.8 Å². The number of hydrogen-bond acceptors (Lipinski definition) is 5. The molecule has 0 aliphatic heterocycles. The topological polar surface area (TPSA) is 48.0 Å². The number of furan rings is 2. The fourth-order valence-electron chi connectivity index (χ4n) is 5.91. The molecule has 0 spiro atoms. The van der Waals surface area contributed by atoms with Gasteiger partial charge in [0.15, 0.2) is 0 Å². The quantitative estimate of drug-likeness (QED) is 0.128. The van der Waals surface area contributed by atoms with Gasteiger partial charge in [0.05, 0.1) is 12.5 Å². The minimum Gasteiger partial charge on any atom is -0.486 e. The highest BCUT2D eigenvalue weighted by Crippen LogP contribution is 2.42. The monoisotopic (exact) mass is 617 g/mol. The van der Waals surface area contributed by atoms with Crippen molar-refractivity contribution < 1.29 is 18.3 Å². The summed E-state index contributed by atoms with van der Waals surface area (Å²) in [6.45, 7) is 3.03. The van der Waals surface area contributed by atoms with Gasteiger partial charge in [-0.2, -0.15) is 0 Å². The standard InChI is InChI=1S/C42H35NO4/c1-42(33-18-24-38(25-19-33)46-30-40-14-8-28-44-40,34-20-26-39(27-21-34)47-31-41-15-9-29-45-41)32-16-22-37(23-17-32)43(35-10-4-2-5-11-35)36-12-6-3-7-13-36/h2-29H,30-31H2,1H3. The maximum atomic E-state index is 6.01. The van der Waals surface area contributed by atoms with Crippen LogP contribution in [0.25, 0.3) is 0 Å². The molecule has 0 N–H and O–H groups in total. The fraction of sp³-hybridized carbons (Fsp3) is 0.0952. The lowest BCUT2D eigenvalue weighted by Crippen LogP contribution is -2.25. The van der Waals surface area contributed by atoms with Crippen LogP contribution < -0.4 is 14.4 Å². The van der Waals surface area contributed by atoms with Gasteiger partial charge in [0.1, 0.15) is 36.2 Å². The average molecular weight is 618 g/mol. The Morgan fingerprint density at radius 2 is 0.830 bits per heavy atom. The lowest BCUT2D eigenvalue weighted by Gasteiger charge is -2.33. The summed E-state index contributed by atoms with van der Waals surface area (Å²) in [4.78, 5) is 2.28. The van der Waals surface area contributed by atoms with E-state index in [4.69, 9.17) is 18.3 Å². The zero-order chi connectivity index (χ0) is 31.9. The number of anilines is 3. The zero-order valence-electron chi connectivity index (χ0n) is 26.2. The third-order valence-corrected chi connectivity index (χ3v) is 8.52. The molecule has 7 aromatic rings. The number of rotatable bonds is 12. The molecule has 0 unspecified atom stereocenters. The van der Waals surface area contributed by atoms with Gasteiger partial charge in [0.2, 0.25) is 0 Å². The van der Waals surface area contributed by atoms with Crippen molar-refractivity contribution in [1.29, 1.82) is 0 Å². The van der Waals surface area contributed by atoms with Crippen LogP contribution in [0.15, 0.2) is 179 Å². The lowest BCUT2D eigenvalue weighted by molar-refractivity contribution is 0.270. The van der Waals surface area contributed by atoms with E-state index in [1.807, 2.05) is 60.7 Å². The summed E-state index contributed by atoms with van der Waals surface area (Å²) < 4.78 is 22.9. The maximum Gasteiger partial charge on any atom is 0.146 e. The maximum absolute atomic E-state index is 6.01. The molecule has 232 valence electrons. The van der Waals surface area contributed by atoms with Crippen LogP contribution in [0.2, 0.25) is 0 Å². The molecule has 2 aromatic heterocycles. The Bertz CT molecular complexity index is 1830. The van der Waals surface area contributed by atoms with Gasteiger partial charge in [-0.05, 0) is 109 Å². The number of ether oxygens (including phenoxy) is 2. The summed E-state index contributed by atoms with van der Waals surface area (Å²) in [6.07, 6.45) is 3.31. The molecule has 0 saturated heterocycles. The van der Waals surface area contributed by atoms with Gasteiger partial charge in [0, 0.05) is 22.5 Å². The van der Waals surface area contributed by atoms with E-state index >= 15 is 0 Å². The van der Waals surface area contributed by atoms with E-state index in [1.54, 1.807) is 12.5 Å². The summed E-state index contributed by atoms with van der Waals surface area (Å²) >= 11 is 0. The van der Waals surface area contributed by atoms with Gasteiger partial charge in [-0.25, -0.2) is 0 Å². The Morgan fingerprint density at radius 1 is 0.447 bits per heavy atom. The molecule has 0 amide bonds. The highest BCUT2D eigenvalue weighted by atomic mass is 16.5. The van der Waals surface area contributed by atoms with Crippen LogP contribution in [-0.2, 0) is 18.6 Å². The molecule has 0 bridgehead atoms. The van der Waals surface area contributed by atoms with Crippen molar-refractivity contribution in [1.82, 2.24) is 0 Å². The number of hydrogen-bond donors (Lipinski definition) is 0. The molecule has 5 nitrogen and oxygen atoms in total. The third kappa shape index (κ3) is 6.56. The normalized spacial score (nSPS) is 11.3. The molecular formula is C42H35NO4. The fourth-order valence-corrected chi connectivity index (χ4v) is 5.91. The average Bonchev–Trinajstić information content (AvgIpc) is 3.87. The van der Waals surface area contributed by atoms with E-state index < -0.39 is 5.41 Å². The van der Waals surface area contributed by atoms with Crippen LogP contribution in [0.5, 0.6) is 11.5 Å². The van der Waals surface area contributed by atoms with E-state index in [-0.39, 0.29) is 0 Å². The van der Waals surface area contributed by atoms with Crippen molar-refractivity contribution in [3.05, 3.63) is 198 Å². The van der Waals surface area contributed by atoms with Gasteiger partial charge >= 0.3 is 0 Å².